The zero-order valence-corrected chi connectivity index (χ0v) is 25.5. The Kier molecular flexibility index (Phi) is 12.5. The molecule has 2 atom stereocenters. The van der Waals surface area contributed by atoms with Gasteiger partial charge in [-0.05, 0) is 73.6 Å². The second-order valence-electron chi connectivity index (χ2n) is 10.1. The van der Waals surface area contributed by atoms with Gasteiger partial charge in [0.1, 0.15) is 11.6 Å². The van der Waals surface area contributed by atoms with Crippen LogP contribution >= 0.6 is 0 Å². The third kappa shape index (κ3) is 8.44. The van der Waals surface area contributed by atoms with Crippen molar-refractivity contribution in [2.75, 3.05) is 7.05 Å². The van der Waals surface area contributed by atoms with Crippen molar-refractivity contribution in [2.45, 2.75) is 71.1 Å². The average molecular weight is 566 g/mol. The van der Waals surface area contributed by atoms with Crippen molar-refractivity contribution >= 4 is 11.9 Å². The van der Waals surface area contributed by atoms with Crippen LogP contribution in [0.2, 0.25) is 0 Å². The molecule has 0 saturated heterocycles. The van der Waals surface area contributed by atoms with Gasteiger partial charge in [0.25, 0.3) is 5.91 Å². The number of carbonyl (C=O) groups is 2. The van der Waals surface area contributed by atoms with Gasteiger partial charge in [-0.3, -0.25) is 4.79 Å². The van der Waals surface area contributed by atoms with E-state index in [-0.39, 0.29) is 78.7 Å². The predicted octanol–water partition coefficient (Wildman–Crippen LogP) is 0.0430. The topological polar surface area (TPSA) is 119 Å². The second kappa shape index (κ2) is 14.8. The Hall–Kier alpha value is -2.63. The third-order valence-corrected chi connectivity index (χ3v) is 6.67. The minimum atomic E-state index is -1.41. The van der Waals surface area contributed by atoms with E-state index in [1.54, 1.807) is 30.8 Å². The van der Waals surface area contributed by atoms with Gasteiger partial charge in [0.05, 0.1) is 17.9 Å². The summed E-state index contributed by atoms with van der Waals surface area (Å²) < 4.78 is 29.3. The molecule has 3 rings (SSSR count). The Balaban J connectivity index is 0.00000560. The van der Waals surface area contributed by atoms with Crippen molar-refractivity contribution in [3.8, 4) is 5.69 Å². The van der Waals surface area contributed by atoms with Gasteiger partial charge in [-0.1, -0.05) is 26.0 Å². The smallest absolute Gasteiger partial charge is 0.550 e. The summed E-state index contributed by atoms with van der Waals surface area (Å²) in [6.45, 7) is 5.62. The van der Waals surface area contributed by atoms with E-state index in [0.29, 0.717) is 28.1 Å². The van der Waals surface area contributed by atoms with Crippen molar-refractivity contribution in [3.63, 3.8) is 0 Å². The van der Waals surface area contributed by atoms with Gasteiger partial charge < -0.3 is 25.0 Å². The van der Waals surface area contributed by atoms with Crippen molar-refractivity contribution in [1.82, 2.24) is 14.7 Å². The normalized spacial score (nSPS) is 12.6. The molecule has 3 aromatic rings. The summed E-state index contributed by atoms with van der Waals surface area (Å²) in [5.74, 6) is -2.74. The van der Waals surface area contributed by atoms with E-state index >= 15 is 0 Å². The zero-order valence-electron chi connectivity index (χ0n) is 23.5. The van der Waals surface area contributed by atoms with Crippen LogP contribution in [0, 0.1) is 18.6 Å². The van der Waals surface area contributed by atoms with E-state index in [1.165, 1.54) is 35.2 Å². The van der Waals surface area contributed by atoms with Crippen molar-refractivity contribution in [1.29, 1.82) is 0 Å². The number of rotatable bonds is 12. The first-order valence-electron chi connectivity index (χ1n) is 12.8. The number of carbonyl (C=O) groups excluding carboxylic acids is 2. The number of amides is 1. The second-order valence-corrected chi connectivity index (χ2v) is 10.1. The van der Waals surface area contributed by atoms with Crippen molar-refractivity contribution < 1.29 is 63.2 Å². The predicted molar refractivity (Wildman–Crippen MR) is 139 cm³/mol. The van der Waals surface area contributed by atoms with Crippen LogP contribution in [0.5, 0.6) is 0 Å². The van der Waals surface area contributed by atoms with Crippen molar-refractivity contribution in [2.24, 2.45) is 0 Å². The molecular weight excluding hydrogens is 531 g/mol. The van der Waals surface area contributed by atoms with Gasteiger partial charge in [-0.25, -0.2) is 13.5 Å². The van der Waals surface area contributed by atoms with Gasteiger partial charge in [-0.2, -0.15) is 5.10 Å². The molecule has 0 fully saturated rings. The monoisotopic (exact) mass is 565 g/mol. The fraction of sp³-hybridized carbons (Fsp3) is 0.414. The number of aliphatic hydroxyl groups excluding tert-OH is 2. The molecule has 0 aliphatic carbocycles. The summed E-state index contributed by atoms with van der Waals surface area (Å²) in [6.07, 6.45) is -2.61. The van der Waals surface area contributed by atoms with Crippen LogP contribution in [0.1, 0.15) is 71.9 Å². The van der Waals surface area contributed by atoms with Crippen LogP contribution in [0.15, 0.2) is 42.5 Å². The minimum Gasteiger partial charge on any atom is -0.550 e. The molecule has 210 valence electrons. The summed E-state index contributed by atoms with van der Waals surface area (Å²) in [7, 11) is 1.61. The maximum Gasteiger partial charge on any atom is 1.00 e. The molecule has 2 N–H and O–H groups in total. The van der Waals surface area contributed by atoms with Crippen LogP contribution in [0.4, 0.5) is 8.78 Å². The largest absolute Gasteiger partial charge is 1.00 e. The molecule has 1 aromatic heterocycles. The standard InChI is InChI=1S/C29H35F2N3O5.Na/c1-17(2)27-25(13-12-22(35)14-23(36)15-26(37)38)34(21-10-8-20(30)9-11-21)32-28(27)29(39)33(4)16-19-6-5-7-24(31)18(19)3;/h5-11,17,22-23,35-36H,12-16H2,1-4H3,(H,37,38);/q;+1/p-1/t22-,23-;/m1./s1. The van der Waals surface area contributed by atoms with Crippen LogP contribution in [0.25, 0.3) is 5.69 Å². The van der Waals surface area contributed by atoms with Gasteiger partial charge in [0.2, 0.25) is 0 Å². The fourth-order valence-corrected chi connectivity index (χ4v) is 4.61. The first-order valence-corrected chi connectivity index (χ1v) is 12.8. The Bertz CT molecular complexity index is 1310. The molecule has 0 radical (unpaired) electrons. The molecule has 0 spiro atoms. The summed E-state index contributed by atoms with van der Waals surface area (Å²) in [6, 6.07) is 10.3. The molecule has 8 nitrogen and oxygen atoms in total. The molecule has 40 heavy (non-hydrogen) atoms. The third-order valence-electron chi connectivity index (χ3n) is 6.67. The number of carboxylic acids is 1. The first-order chi connectivity index (χ1) is 18.4. The number of aliphatic hydroxyl groups is 2. The van der Waals surface area contributed by atoms with Gasteiger partial charge in [0, 0.05) is 37.2 Å². The number of benzene rings is 2. The first kappa shape index (κ1) is 33.6. The molecule has 0 aliphatic rings. The Labute approximate surface area is 254 Å². The van der Waals surface area contributed by atoms with Gasteiger partial charge in [-0.15, -0.1) is 0 Å². The van der Waals surface area contributed by atoms with E-state index in [1.807, 2.05) is 13.8 Å². The number of carboxylic acid groups (broad SMARTS) is 1. The maximum absolute atomic E-state index is 14.1. The summed E-state index contributed by atoms with van der Waals surface area (Å²) in [5.41, 5.74) is 3.09. The molecule has 0 unspecified atom stereocenters. The van der Waals surface area contributed by atoms with Crippen LogP contribution in [-0.4, -0.2) is 56.0 Å². The van der Waals surface area contributed by atoms with E-state index in [2.05, 4.69) is 5.10 Å². The molecule has 0 aliphatic heterocycles. The molecule has 0 bridgehead atoms. The fourth-order valence-electron chi connectivity index (χ4n) is 4.61. The quantitative estimate of drug-likeness (QED) is 0.300. The number of aromatic nitrogens is 2. The Morgan fingerprint density at radius 2 is 1.73 bits per heavy atom. The van der Waals surface area contributed by atoms with Crippen molar-refractivity contribution in [3.05, 3.63) is 82.2 Å². The maximum atomic E-state index is 14.1. The molecule has 0 saturated carbocycles. The molecular formula is C29H34F2N3NaO5. The number of aliphatic carboxylic acids is 1. The average Bonchev–Trinajstić information content (AvgIpc) is 3.24. The summed E-state index contributed by atoms with van der Waals surface area (Å²) >= 11 is 0. The van der Waals surface area contributed by atoms with Crippen LogP contribution in [-0.2, 0) is 17.8 Å². The van der Waals surface area contributed by atoms with E-state index < -0.39 is 30.4 Å². The minimum absolute atomic E-state index is 0. The summed E-state index contributed by atoms with van der Waals surface area (Å²) in [5, 5.41) is 35.7. The molecule has 1 heterocycles. The Morgan fingerprint density at radius 3 is 2.33 bits per heavy atom. The number of halogens is 2. The van der Waals surface area contributed by atoms with Crippen LogP contribution in [0.3, 0.4) is 0 Å². The molecule has 2 aromatic carbocycles. The molecule has 1 amide bonds. The Morgan fingerprint density at radius 1 is 1.07 bits per heavy atom. The van der Waals surface area contributed by atoms with E-state index in [0.717, 1.165) is 0 Å². The number of hydrogen-bond donors (Lipinski definition) is 2. The van der Waals surface area contributed by atoms with Gasteiger partial charge >= 0.3 is 29.6 Å². The number of nitrogens with zero attached hydrogens (tertiary/aromatic N) is 3. The van der Waals surface area contributed by atoms with E-state index in [9.17, 15) is 33.7 Å². The molecule has 11 heteroatoms. The number of hydrogen-bond acceptors (Lipinski definition) is 6. The van der Waals surface area contributed by atoms with E-state index in [4.69, 9.17) is 0 Å². The SMILES string of the molecule is Cc1c(F)cccc1CN(C)C(=O)c1nn(-c2ccc(F)cc2)c(CC[C@@H](O)C[C@@H](O)CC(=O)[O-])c1C(C)C.[Na+]. The summed E-state index contributed by atoms with van der Waals surface area (Å²) in [4.78, 5) is 25.9. The zero-order chi connectivity index (χ0) is 28.9. The van der Waals surface area contributed by atoms with Crippen LogP contribution < -0.4 is 34.7 Å². The van der Waals surface area contributed by atoms with Gasteiger partial charge in [0.15, 0.2) is 5.69 Å².